The first-order valence-electron chi connectivity index (χ1n) is 5.57. The van der Waals surface area contributed by atoms with Gasteiger partial charge in [0.05, 0.1) is 18.5 Å². The molecule has 0 radical (unpaired) electrons. The highest BCUT2D eigenvalue weighted by atomic mass is 16.6. The van der Waals surface area contributed by atoms with Crippen LogP contribution in [0.4, 0.5) is 0 Å². The molecule has 1 rings (SSSR count). The van der Waals surface area contributed by atoms with Crippen LogP contribution in [0.1, 0.15) is 25.0 Å². The van der Waals surface area contributed by atoms with E-state index >= 15 is 0 Å². The molecule has 0 fully saturated rings. The summed E-state index contributed by atoms with van der Waals surface area (Å²) in [6.07, 6.45) is 2.74. The lowest BCUT2D eigenvalue weighted by atomic mass is 10.0. The van der Waals surface area contributed by atoms with Crippen LogP contribution in [0.3, 0.4) is 0 Å². The molecule has 92 valence electrons. The van der Waals surface area contributed by atoms with Crippen LogP contribution in [0.5, 0.6) is 5.75 Å². The molecule has 0 aliphatic rings. The van der Waals surface area contributed by atoms with Crippen molar-refractivity contribution in [1.82, 2.24) is 0 Å². The van der Waals surface area contributed by atoms with Crippen molar-refractivity contribution in [3.8, 4) is 5.75 Å². The fourth-order valence-corrected chi connectivity index (χ4v) is 1.67. The number of hydrogen-bond acceptors (Lipinski definition) is 3. The highest BCUT2D eigenvalue weighted by Crippen LogP contribution is 2.22. The summed E-state index contributed by atoms with van der Waals surface area (Å²) in [4.78, 5) is 10.4. The van der Waals surface area contributed by atoms with Gasteiger partial charge >= 0.3 is 0 Å². The van der Waals surface area contributed by atoms with E-state index in [9.17, 15) is 10.1 Å². The molecule has 0 amide bonds. The van der Waals surface area contributed by atoms with E-state index in [1.807, 2.05) is 25.1 Å². The number of aryl methyl sites for hydroxylation is 1. The molecule has 0 unspecified atom stereocenters. The molecule has 0 heterocycles. The van der Waals surface area contributed by atoms with Gasteiger partial charge in [0.15, 0.2) is 0 Å². The molecule has 0 spiro atoms. The zero-order chi connectivity index (χ0) is 12.8. The second-order valence-electron chi connectivity index (χ2n) is 3.71. The third kappa shape index (κ3) is 3.31. The molecule has 4 nitrogen and oxygen atoms in total. The molecule has 0 aliphatic carbocycles. The SMILES string of the molecule is CC=C(Cc1ccc(CC)c(OC)c1)[N+](=O)[O-]. The van der Waals surface area contributed by atoms with E-state index in [1.54, 1.807) is 14.0 Å². The van der Waals surface area contributed by atoms with E-state index in [4.69, 9.17) is 4.74 Å². The van der Waals surface area contributed by atoms with Crippen LogP contribution >= 0.6 is 0 Å². The summed E-state index contributed by atoms with van der Waals surface area (Å²) in [5.41, 5.74) is 2.21. The van der Waals surface area contributed by atoms with E-state index < -0.39 is 0 Å². The Morgan fingerprint density at radius 2 is 2.24 bits per heavy atom. The summed E-state index contributed by atoms with van der Waals surface area (Å²) in [6.45, 7) is 3.72. The molecule has 17 heavy (non-hydrogen) atoms. The van der Waals surface area contributed by atoms with Crippen molar-refractivity contribution in [2.45, 2.75) is 26.7 Å². The van der Waals surface area contributed by atoms with Crippen LogP contribution < -0.4 is 4.74 Å². The zero-order valence-electron chi connectivity index (χ0n) is 10.4. The fourth-order valence-electron chi connectivity index (χ4n) is 1.67. The van der Waals surface area contributed by atoms with Gasteiger partial charge in [0.1, 0.15) is 5.75 Å². The molecule has 0 bridgehead atoms. The Kier molecular flexibility index (Phi) is 4.69. The van der Waals surface area contributed by atoms with Gasteiger partial charge < -0.3 is 4.74 Å². The van der Waals surface area contributed by atoms with Crippen LogP contribution in [0.25, 0.3) is 0 Å². The van der Waals surface area contributed by atoms with Crippen molar-refractivity contribution in [3.63, 3.8) is 0 Å². The van der Waals surface area contributed by atoms with Crippen LogP contribution in [-0.4, -0.2) is 12.0 Å². The first kappa shape index (κ1) is 13.2. The second kappa shape index (κ2) is 6.03. The monoisotopic (exact) mass is 235 g/mol. The number of ether oxygens (including phenoxy) is 1. The minimum Gasteiger partial charge on any atom is -0.496 e. The van der Waals surface area contributed by atoms with Crippen molar-refractivity contribution < 1.29 is 9.66 Å². The Morgan fingerprint density at radius 1 is 1.53 bits per heavy atom. The van der Waals surface area contributed by atoms with Gasteiger partial charge in [-0.25, -0.2) is 0 Å². The van der Waals surface area contributed by atoms with Gasteiger partial charge in [-0.15, -0.1) is 0 Å². The molecule has 4 heteroatoms. The van der Waals surface area contributed by atoms with Crippen molar-refractivity contribution in [1.29, 1.82) is 0 Å². The van der Waals surface area contributed by atoms with Crippen molar-refractivity contribution in [2.75, 3.05) is 7.11 Å². The Bertz CT molecular complexity index is 438. The average Bonchev–Trinajstić information content (AvgIpc) is 2.35. The number of benzene rings is 1. The Labute approximate surface area is 101 Å². The van der Waals surface area contributed by atoms with Crippen LogP contribution in [0.15, 0.2) is 30.0 Å². The summed E-state index contributed by atoms with van der Waals surface area (Å²) in [5, 5.41) is 10.7. The number of allylic oxidation sites excluding steroid dienone is 2. The number of hydrogen-bond donors (Lipinski definition) is 0. The molecule has 0 saturated heterocycles. The molecule has 0 aliphatic heterocycles. The summed E-state index contributed by atoms with van der Waals surface area (Å²) >= 11 is 0. The normalized spacial score (nSPS) is 11.4. The quantitative estimate of drug-likeness (QED) is 0.582. The lowest BCUT2D eigenvalue weighted by molar-refractivity contribution is -0.427. The largest absolute Gasteiger partial charge is 0.496 e. The van der Waals surface area contributed by atoms with Gasteiger partial charge in [0.25, 0.3) is 0 Å². The number of methoxy groups -OCH3 is 1. The van der Waals surface area contributed by atoms with Crippen LogP contribution in [-0.2, 0) is 12.8 Å². The minimum absolute atomic E-state index is 0.205. The zero-order valence-corrected chi connectivity index (χ0v) is 10.4. The molecule has 0 atom stereocenters. The van der Waals surface area contributed by atoms with Gasteiger partial charge in [-0.1, -0.05) is 19.1 Å². The predicted octanol–water partition coefficient (Wildman–Crippen LogP) is 2.98. The fraction of sp³-hybridized carbons (Fsp3) is 0.385. The number of nitrogens with zero attached hydrogens (tertiary/aromatic N) is 1. The highest BCUT2D eigenvalue weighted by Gasteiger charge is 2.11. The van der Waals surface area contributed by atoms with Gasteiger partial charge in [-0.2, -0.15) is 0 Å². The second-order valence-corrected chi connectivity index (χ2v) is 3.71. The Morgan fingerprint density at radius 3 is 2.71 bits per heavy atom. The maximum atomic E-state index is 10.7. The summed E-state index contributed by atoms with van der Waals surface area (Å²) in [5.74, 6) is 0.795. The predicted molar refractivity (Wildman–Crippen MR) is 66.8 cm³/mol. The average molecular weight is 235 g/mol. The van der Waals surface area contributed by atoms with Crippen LogP contribution in [0.2, 0.25) is 0 Å². The number of nitro groups is 1. The Hall–Kier alpha value is -1.84. The third-order valence-corrected chi connectivity index (χ3v) is 2.69. The lowest BCUT2D eigenvalue weighted by Crippen LogP contribution is -2.02. The molecule has 0 saturated carbocycles. The first-order chi connectivity index (χ1) is 8.12. The van der Waals surface area contributed by atoms with Crippen molar-refractivity contribution in [3.05, 3.63) is 51.2 Å². The van der Waals surface area contributed by atoms with Gasteiger partial charge in [0, 0.05) is 0 Å². The van der Waals surface area contributed by atoms with E-state index in [0.29, 0.717) is 6.42 Å². The minimum atomic E-state index is -0.347. The maximum absolute atomic E-state index is 10.7. The molecule has 1 aromatic carbocycles. The van der Waals surface area contributed by atoms with Crippen molar-refractivity contribution >= 4 is 0 Å². The molecule has 1 aromatic rings. The van der Waals surface area contributed by atoms with Crippen LogP contribution in [0, 0.1) is 10.1 Å². The van der Waals surface area contributed by atoms with E-state index in [0.717, 1.165) is 23.3 Å². The highest BCUT2D eigenvalue weighted by molar-refractivity contribution is 5.38. The smallest absolute Gasteiger partial charge is 0.246 e. The third-order valence-electron chi connectivity index (χ3n) is 2.69. The molecular weight excluding hydrogens is 218 g/mol. The van der Waals surface area contributed by atoms with E-state index in [2.05, 4.69) is 0 Å². The van der Waals surface area contributed by atoms with Gasteiger partial charge in [-0.3, -0.25) is 10.1 Å². The van der Waals surface area contributed by atoms with E-state index in [1.165, 1.54) is 6.08 Å². The first-order valence-corrected chi connectivity index (χ1v) is 5.57. The van der Waals surface area contributed by atoms with Crippen molar-refractivity contribution in [2.24, 2.45) is 0 Å². The standard InChI is InChI=1S/C13H17NO3/c1-4-11-7-6-10(9-13(11)17-3)8-12(5-2)14(15)16/h5-7,9H,4,8H2,1-3H3. The van der Waals surface area contributed by atoms with E-state index in [-0.39, 0.29) is 10.6 Å². The van der Waals surface area contributed by atoms with Gasteiger partial charge in [-0.05, 0) is 36.6 Å². The molecule has 0 N–H and O–H groups in total. The van der Waals surface area contributed by atoms with Gasteiger partial charge in [0.2, 0.25) is 5.70 Å². The summed E-state index contributed by atoms with van der Waals surface area (Å²) in [7, 11) is 1.61. The maximum Gasteiger partial charge on any atom is 0.246 e. The lowest BCUT2D eigenvalue weighted by Gasteiger charge is -2.08. The molecular formula is C13H17NO3. The Balaban J connectivity index is 2.97. The number of rotatable bonds is 5. The topological polar surface area (TPSA) is 52.4 Å². The summed E-state index contributed by atoms with van der Waals surface area (Å²) < 4.78 is 5.26. The summed E-state index contributed by atoms with van der Waals surface area (Å²) in [6, 6.07) is 5.74. The molecule has 0 aromatic heterocycles.